The van der Waals surface area contributed by atoms with E-state index in [1.54, 1.807) is 0 Å². The van der Waals surface area contributed by atoms with Gasteiger partial charge in [-0.3, -0.25) is 4.79 Å². The quantitative estimate of drug-likeness (QED) is 0.899. The zero-order chi connectivity index (χ0) is 13.8. The highest BCUT2D eigenvalue weighted by Crippen LogP contribution is 2.22. The Morgan fingerprint density at radius 2 is 2.20 bits per heavy atom. The molecule has 1 fully saturated rings. The monoisotopic (exact) mass is 271 g/mol. The lowest BCUT2D eigenvalue weighted by Gasteiger charge is -2.19. The molecular formula is C15H17N3O2. The van der Waals surface area contributed by atoms with Crippen molar-refractivity contribution in [2.75, 3.05) is 18.4 Å². The van der Waals surface area contributed by atoms with Crippen molar-refractivity contribution in [3.63, 3.8) is 0 Å². The fourth-order valence-electron chi connectivity index (χ4n) is 2.36. The van der Waals surface area contributed by atoms with Gasteiger partial charge in [-0.25, -0.2) is 4.98 Å². The SMILES string of the molecule is O=C(Nc1ccccc1)c1coc(C2CCCNC2)n1. The van der Waals surface area contributed by atoms with E-state index in [1.165, 1.54) is 6.26 Å². The second-order valence-electron chi connectivity index (χ2n) is 4.93. The van der Waals surface area contributed by atoms with Crippen molar-refractivity contribution >= 4 is 11.6 Å². The molecule has 2 heterocycles. The molecule has 1 amide bonds. The summed E-state index contributed by atoms with van der Waals surface area (Å²) in [5.74, 6) is 0.674. The van der Waals surface area contributed by atoms with Crippen molar-refractivity contribution in [3.05, 3.63) is 48.2 Å². The molecule has 1 aromatic heterocycles. The first kappa shape index (κ1) is 12.9. The molecule has 1 atom stereocenters. The molecule has 5 nitrogen and oxygen atoms in total. The second kappa shape index (κ2) is 5.88. The van der Waals surface area contributed by atoms with Gasteiger partial charge in [0.05, 0.1) is 0 Å². The van der Waals surface area contributed by atoms with Gasteiger partial charge in [0.2, 0.25) is 0 Å². The summed E-state index contributed by atoms with van der Waals surface area (Å²) in [6.45, 7) is 1.90. The molecule has 0 aliphatic carbocycles. The van der Waals surface area contributed by atoms with Crippen LogP contribution in [-0.4, -0.2) is 24.0 Å². The smallest absolute Gasteiger partial charge is 0.277 e. The van der Waals surface area contributed by atoms with Crippen LogP contribution in [0.2, 0.25) is 0 Å². The summed E-state index contributed by atoms with van der Waals surface area (Å²) in [6, 6.07) is 9.32. The van der Waals surface area contributed by atoms with Gasteiger partial charge >= 0.3 is 0 Å². The Kier molecular flexibility index (Phi) is 3.78. The highest BCUT2D eigenvalue weighted by atomic mass is 16.3. The fourth-order valence-corrected chi connectivity index (χ4v) is 2.36. The summed E-state index contributed by atoms with van der Waals surface area (Å²) in [7, 11) is 0. The van der Waals surface area contributed by atoms with Gasteiger partial charge in [-0.05, 0) is 31.5 Å². The first-order chi connectivity index (χ1) is 9.83. The van der Waals surface area contributed by atoms with Crippen LogP contribution in [0, 0.1) is 0 Å². The molecule has 3 rings (SSSR count). The van der Waals surface area contributed by atoms with Crippen LogP contribution < -0.4 is 10.6 Å². The molecule has 5 heteroatoms. The number of carbonyl (C=O) groups is 1. The number of piperidine rings is 1. The van der Waals surface area contributed by atoms with Crippen molar-refractivity contribution in [2.45, 2.75) is 18.8 Å². The van der Waals surface area contributed by atoms with E-state index in [1.807, 2.05) is 30.3 Å². The largest absolute Gasteiger partial charge is 0.448 e. The summed E-state index contributed by atoms with van der Waals surface area (Å²) in [4.78, 5) is 16.4. The Hall–Kier alpha value is -2.14. The van der Waals surface area contributed by atoms with Gasteiger partial charge in [0.25, 0.3) is 5.91 Å². The summed E-state index contributed by atoms with van der Waals surface area (Å²) >= 11 is 0. The maximum absolute atomic E-state index is 12.1. The van der Waals surface area contributed by atoms with E-state index in [0.717, 1.165) is 31.6 Å². The van der Waals surface area contributed by atoms with Crippen molar-refractivity contribution < 1.29 is 9.21 Å². The third-order valence-electron chi connectivity index (χ3n) is 3.43. The second-order valence-corrected chi connectivity index (χ2v) is 4.93. The van der Waals surface area contributed by atoms with Crippen LogP contribution in [-0.2, 0) is 0 Å². The first-order valence-electron chi connectivity index (χ1n) is 6.85. The van der Waals surface area contributed by atoms with Crippen LogP contribution in [0.4, 0.5) is 5.69 Å². The minimum absolute atomic E-state index is 0.241. The molecule has 1 aliphatic rings. The topological polar surface area (TPSA) is 67.2 Å². The standard InChI is InChI=1S/C15H17N3O2/c19-14(17-12-6-2-1-3-7-12)13-10-20-15(18-13)11-5-4-8-16-9-11/h1-3,6-7,10-11,16H,4-5,8-9H2,(H,17,19). The molecule has 104 valence electrons. The molecule has 1 unspecified atom stereocenters. The van der Waals surface area contributed by atoms with Gasteiger partial charge in [-0.2, -0.15) is 0 Å². The minimum atomic E-state index is -0.241. The number of carbonyl (C=O) groups excluding carboxylic acids is 1. The van der Waals surface area contributed by atoms with Gasteiger partial charge in [0.1, 0.15) is 6.26 Å². The number of nitrogens with one attached hydrogen (secondary N) is 2. The van der Waals surface area contributed by atoms with Crippen LogP contribution in [0.1, 0.15) is 35.1 Å². The van der Waals surface area contributed by atoms with Crippen molar-refractivity contribution in [2.24, 2.45) is 0 Å². The van der Waals surface area contributed by atoms with E-state index in [-0.39, 0.29) is 11.8 Å². The normalized spacial score (nSPS) is 18.7. The fraction of sp³-hybridized carbons (Fsp3) is 0.333. The summed E-state index contributed by atoms with van der Waals surface area (Å²) in [5.41, 5.74) is 1.08. The molecule has 1 aliphatic heterocycles. The maximum atomic E-state index is 12.1. The lowest BCUT2D eigenvalue weighted by Crippen LogP contribution is -2.28. The predicted octanol–water partition coefficient (Wildman–Crippen LogP) is 2.39. The van der Waals surface area contributed by atoms with Gasteiger partial charge in [0.15, 0.2) is 11.6 Å². The Bertz CT molecular complexity index is 574. The molecule has 2 aromatic rings. The van der Waals surface area contributed by atoms with E-state index < -0.39 is 0 Å². The third kappa shape index (κ3) is 2.88. The summed E-state index contributed by atoms with van der Waals surface area (Å²) < 4.78 is 5.45. The number of rotatable bonds is 3. The average molecular weight is 271 g/mol. The van der Waals surface area contributed by atoms with E-state index >= 15 is 0 Å². The van der Waals surface area contributed by atoms with Crippen molar-refractivity contribution in [3.8, 4) is 0 Å². The van der Waals surface area contributed by atoms with Gasteiger partial charge in [-0.15, -0.1) is 0 Å². The van der Waals surface area contributed by atoms with Crippen LogP contribution in [0.3, 0.4) is 0 Å². The molecule has 1 saturated heterocycles. The van der Waals surface area contributed by atoms with E-state index in [2.05, 4.69) is 15.6 Å². The number of anilines is 1. The van der Waals surface area contributed by atoms with Gasteiger partial charge in [-0.1, -0.05) is 18.2 Å². The third-order valence-corrected chi connectivity index (χ3v) is 3.43. The molecule has 0 bridgehead atoms. The molecular weight excluding hydrogens is 254 g/mol. The van der Waals surface area contributed by atoms with Crippen LogP contribution in [0.5, 0.6) is 0 Å². The number of nitrogens with zero attached hydrogens (tertiary/aromatic N) is 1. The van der Waals surface area contributed by atoms with Crippen LogP contribution in [0.15, 0.2) is 41.0 Å². The van der Waals surface area contributed by atoms with E-state index in [9.17, 15) is 4.79 Å². The number of benzene rings is 1. The Morgan fingerprint density at radius 3 is 2.95 bits per heavy atom. The minimum Gasteiger partial charge on any atom is -0.448 e. The first-order valence-corrected chi connectivity index (χ1v) is 6.85. The van der Waals surface area contributed by atoms with Crippen molar-refractivity contribution in [1.29, 1.82) is 0 Å². The number of hydrogen-bond donors (Lipinski definition) is 2. The van der Waals surface area contributed by atoms with Crippen molar-refractivity contribution in [1.82, 2.24) is 10.3 Å². The maximum Gasteiger partial charge on any atom is 0.277 e. The number of amides is 1. The van der Waals surface area contributed by atoms with E-state index in [4.69, 9.17) is 4.42 Å². The number of hydrogen-bond acceptors (Lipinski definition) is 4. The average Bonchev–Trinajstić information content (AvgIpc) is 2.99. The predicted molar refractivity (Wildman–Crippen MR) is 75.7 cm³/mol. The molecule has 0 saturated carbocycles. The molecule has 1 aromatic carbocycles. The molecule has 2 N–H and O–H groups in total. The van der Waals surface area contributed by atoms with Gasteiger partial charge in [0, 0.05) is 18.2 Å². The zero-order valence-corrected chi connectivity index (χ0v) is 11.1. The lowest BCUT2D eigenvalue weighted by molar-refractivity contribution is 0.102. The molecule has 0 spiro atoms. The number of aromatic nitrogens is 1. The van der Waals surface area contributed by atoms with E-state index in [0.29, 0.717) is 11.6 Å². The summed E-state index contributed by atoms with van der Waals surface area (Å²) in [6.07, 6.45) is 3.59. The lowest BCUT2D eigenvalue weighted by atomic mass is 10.00. The molecule has 20 heavy (non-hydrogen) atoms. The highest BCUT2D eigenvalue weighted by Gasteiger charge is 2.21. The zero-order valence-electron chi connectivity index (χ0n) is 11.1. The number of oxazole rings is 1. The molecule has 0 radical (unpaired) electrons. The van der Waals surface area contributed by atoms with Gasteiger partial charge < -0.3 is 15.1 Å². The number of para-hydroxylation sites is 1. The van der Waals surface area contributed by atoms with Crippen LogP contribution >= 0.6 is 0 Å². The summed E-state index contributed by atoms with van der Waals surface area (Å²) in [5, 5.41) is 6.11. The Morgan fingerprint density at radius 1 is 1.35 bits per heavy atom. The Labute approximate surface area is 117 Å². The highest BCUT2D eigenvalue weighted by molar-refractivity contribution is 6.02. The Balaban J connectivity index is 1.68. The van der Waals surface area contributed by atoms with Crippen LogP contribution in [0.25, 0.3) is 0 Å².